The number of amides is 1. The lowest BCUT2D eigenvalue weighted by Crippen LogP contribution is -2.41. The lowest BCUT2D eigenvalue weighted by Gasteiger charge is -2.26. The normalized spacial score (nSPS) is 12.3. The van der Waals surface area contributed by atoms with E-state index >= 15 is 0 Å². The summed E-state index contributed by atoms with van der Waals surface area (Å²) in [5.74, 6) is 0.466. The summed E-state index contributed by atoms with van der Waals surface area (Å²) in [5.41, 5.74) is 1.61. The second-order valence-corrected chi connectivity index (χ2v) is 8.59. The number of rotatable bonds is 9. The molecule has 1 amide bonds. The van der Waals surface area contributed by atoms with Gasteiger partial charge in [-0.15, -0.1) is 0 Å². The Labute approximate surface area is 167 Å². The summed E-state index contributed by atoms with van der Waals surface area (Å²) in [6, 6.07) is 16.5. The largest absolute Gasteiger partial charge is 0.481 e. The van der Waals surface area contributed by atoms with Gasteiger partial charge in [0.15, 0.2) is 6.10 Å². The minimum Gasteiger partial charge on any atom is -0.481 e. The van der Waals surface area contributed by atoms with Crippen LogP contribution in [0.25, 0.3) is 0 Å². The Hall–Kier alpha value is -2.54. The number of carbonyl (C=O) groups is 1. The zero-order chi connectivity index (χ0) is 20.7. The van der Waals surface area contributed by atoms with Crippen molar-refractivity contribution in [3.05, 3.63) is 60.2 Å². The van der Waals surface area contributed by atoms with E-state index in [-0.39, 0.29) is 5.91 Å². The van der Waals surface area contributed by atoms with Crippen LogP contribution in [0, 0.1) is 0 Å². The first-order valence-electron chi connectivity index (χ1n) is 9.29. The third kappa shape index (κ3) is 5.73. The average Bonchev–Trinajstić information content (AvgIpc) is 2.69. The predicted octanol–water partition coefficient (Wildman–Crippen LogP) is 3.29. The van der Waals surface area contributed by atoms with Gasteiger partial charge in [-0.1, -0.05) is 37.3 Å². The van der Waals surface area contributed by atoms with Crippen LogP contribution in [0.2, 0.25) is 0 Å². The fourth-order valence-electron chi connectivity index (χ4n) is 2.75. The number of likely N-dealkylation sites (N-methyl/N-ethyl adjacent to an activating group) is 1. The van der Waals surface area contributed by atoms with E-state index < -0.39 is 16.1 Å². The maximum absolute atomic E-state index is 12.9. The van der Waals surface area contributed by atoms with Gasteiger partial charge in [-0.2, -0.15) is 0 Å². The van der Waals surface area contributed by atoms with E-state index in [1.54, 1.807) is 29.2 Å². The molecule has 28 heavy (non-hydrogen) atoms. The van der Waals surface area contributed by atoms with Gasteiger partial charge in [-0.25, -0.2) is 8.42 Å². The molecule has 0 fully saturated rings. The van der Waals surface area contributed by atoms with Crippen molar-refractivity contribution in [3.8, 4) is 5.75 Å². The van der Waals surface area contributed by atoms with E-state index in [0.717, 1.165) is 11.8 Å². The second kappa shape index (κ2) is 9.59. The number of ether oxygens (including phenoxy) is 1. The van der Waals surface area contributed by atoms with Gasteiger partial charge >= 0.3 is 0 Å². The van der Waals surface area contributed by atoms with Gasteiger partial charge in [0.05, 0.1) is 11.9 Å². The standard InChI is InChI=1S/C21H28N2O4S/c1-5-20(21(24)23(6-2)16-17-10-8-7-9-11-17)27-19-14-12-18(13-15-19)22(3)28(4,25)26/h7-15,20H,5-6,16H2,1-4H3/t20-/m1/s1. The molecule has 2 rings (SSSR count). The van der Waals surface area contributed by atoms with Gasteiger partial charge in [0.2, 0.25) is 10.0 Å². The van der Waals surface area contributed by atoms with E-state index in [2.05, 4.69) is 0 Å². The third-order valence-electron chi connectivity index (χ3n) is 4.53. The Morgan fingerprint density at radius 2 is 1.64 bits per heavy atom. The molecule has 0 aromatic heterocycles. The molecule has 0 radical (unpaired) electrons. The summed E-state index contributed by atoms with van der Waals surface area (Å²) in [6.07, 6.45) is 1.09. The minimum atomic E-state index is -3.32. The van der Waals surface area contributed by atoms with Crippen LogP contribution in [0.4, 0.5) is 5.69 Å². The van der Waals surface area contributed by atoms with Crippen LogP contribution >= 0.6 is 0 Å². The first kappa shape index (κ1) is 21.8. The summed E-state index contributed by atoms with van der Waals surface area (Å²) >= 11 is 0. The predicted molar refractivity (Wildman–Crippen MR) is 112 cm³/mol. The van der Waals surface area contributed by atoms with Gasteiger partial charge in [-0.05, 0) is 43.2 Å². The molecule has 0 aliphatic rings. The van der Waals surface area contributed by atoms with Crippen molar-refractivity contribution >= 4 is 21.6 Å². The first-order valence-corrected chi connectivity index (χ1v) is 11.1. The van der Waals surface area contributed by atoms with Crippen molar-refractivity contribution in [1.29, 1.82) is 0 Å². The zero-order valence-corrected chi connectivity index (χ0v) is 17.6. The summed E-state index contributed by atoms with van der Waals surface area (Å²) < 4.78 is 30.4. The first-order chi connectivity index (χ1) is 13.3. The fourth-order valence-corrected chi connectivity index (χ4v) is 3.26. The SMILES string of the molecule is CC[C@@H](Oc1ccc(N(C)S(C)(=O)=O)cc1)C(=O)N(CC)Cc1ccccc1. The van der Waals surface area contributed by atoms with Crippen molar-refractivity contribution in [2.45, 2.75) is 32.9 Å². The average molecular weight is 405 g/mol. The molecule has 2 aromatic carbocycles. The molecule has 0 saturated heterocycles. The highest BCUT2D eigenvalue weighted by Crippen LogP contribution is 2.22. The molecule has 0 saturated carbocycles. The van der Waals surface area contributed by atoms with Crippen LogP contribution in [0.1, 0.15) is 25.8 Å². The Morgan fingerprint density at radius 1 is 1.04 bits per heavy atom. The van der Waals surface area contributed by atoms with Crippen molar-refractivity contribution in [1.82, 2.24) is 4.90 Å². The Morgan fingerprint density at radius 3 is 2.14 bits per heavy atom. The molecular weight excluding hydrogens is 376 g/mol. The monoisotopic (exact) mass is 404 g/mol. The van der Waals surface area contributed by atoms with Gasteiger partial charge in [-0.3, -0.25) is 9.10 Å². The minimum absolute atomic E-state index is 0.0637. The van der Waals surface area contributed by atoms with E-state index in [9.17, 15) is 13.2 Å². The lowest BCUT2D eigenvalue weighted by atomic mass is 10.2. The maximum atomic E-state index is 12.9. The smallest absolute Gasteiger partial charge is 0.263 e. The number of nitrogens with zero attached hydrogens (tertiary/aromatic N) is 2. The molecular formula is C21H28N2O4S. The van der Waals surface area contributed by atoms with Crippen LogP contribution in [-0.4, -0.2) is 45.2 Å². The molecule has 2 aromatic rings. The zero-order valence-electron chi connectivity index (χ0n) is 16.8. The summed E-state index contributed by atoms with van der Waals surface area (Å²) in [7, 11) is -1.83. The van der Waals surface area contributed by atoms with E-state index in [0.29, 0.717) is 30.9 Å². The second-order valence-electron chi connectivity index (χ2n) is 6.58. The number of hydrogen-bond acceptors (Lipinski definition) is 4. The van der Waals surface area contributed by atoms with Crippen LogP contribution in [0.15, 0.2) is 54.6 Å². The number of hydrogen-bond donors (Lipinski definition) is 0. The topological polar surface area (TPSA) is 66.9 Å². The fraction of sp³-hybridized carbons (Fsp3) is 0.381. The van der Waals surface area contributed by atoms with Crippen LogP contribution in [0.5, 0.6) is 5.75 Å². The molecule has 0 heterocycles. The van der Waals surface area contributed by atoms with Gasteiger partial charge in [0.1, 0.15) is 5.75 Å². The molecule has 0 unspecified atom stereocenters. The Bertz CT molecular complexity index is 867. The summed E-state index contributed by atoms with van der Waals surface area (Å²) in [6.45, 7) is 4.98. The lowest BCUT2D eigenvalue weighted by molar-refractivity contribution is -0.139. The van der Waals surface area contributed by atoms with Gasteiger partial charge in [0.25, 0.3) is 5.91 Å². The molecule has 1 atom stereocenters. The van der Waals surface area contributed by atoms with Gasteiger partial charge in [0, 0.05) is 20.1 Å². The highest BCUT2D eigenvalue weighted by molar-refractivity contribution is 7.92. The molecule has 6 nitrogen and oxygen atoms in total. The van der Waals surface area contributed by atoms with Gasteiger partial charge < -0.3 is 9.64 Å². The Kier molecular flexibility index (Phi) is 7.45. The molecule has 0 spiro atoms. The van der Waals surface area contributed by atoms with E-state index in [1.165, 1.54) is 11.4 Å². The van der Waals surface area contributed by atoms with E-state index in [4.69, 9.17) is 4.74 Å². The van der Waals surface area contributed by atoms with Crippen molar-refractivity contribution in [2.75, 3.05) is 24.2 Å². The molecule has 0 N–H and O–H groups in total. The molecule has 152 valence electrons. The maximum Gasteiger partial charge on any atom is 0.263 e. The number of carbonyl (C=O) groups excluding carboxylic acids is 1. The quantitative estimate of drug-likeness (QED) is 0.643. The van der Waals surface area contributed by atoms with Crippen LogP contribution in [-0.2, 0) is 21.4 Å². The van der Waals surface area contributed by atoms with Crippen molar-refractivity contribution in [3.63, 3.8) is 0 Å². The van der Waals surface area contributed by atoms with Crippen molar-refractivity contribution in [2.24, 2.45) is 0 Å². The van der Waals surface area contributed by atoms with Crippen LogP contribution in [0.3, 0.4) is 0 Å². The summed E-state index contributed by atoms with van der Waals surface area (Å²) in [4.78, 5) is 14.7. The van der Waals surface area contributed by atoms with Crippen molar-refractivity contribution < 1.29 is 17.9 Å². The molecule has 0 aliphatic carbocycles. The summed E-state index contributed by atoms with van der Waals surface area (Å²) in [5, 5.41) is 0. The molecule has 0 bridgehead atoms. The van der Waals surface area contributed by atoms with Crippen LogP contribution < -0.4 is 9.04 Å². The highest BCUT2D eigenvalue weighted by atomic mass is 32.2. The number of anilines is 1. The molecule has 0 aliphatic heterocycles. The Balaban J connectivity index is 2.08. The number of sulfonamides is 1. The van der Waals surface area contributed by atoms with E-state index in [1.807, 2.05) is 44.2 Å². The third-order valence-corrected chi connectivity index (χ3v) is 5.74. The highest BCUT2D eigenvalue weighted by Gasteiger charge is 2.24. The number of benzene rings is 2. The molecule has 7 heteroatoms.